The van der Waals surface area contributed by atoms with Crippen LogP contribution < -0.4 is 10.0 Å². The van der Waals surface area contributed by atoms with E-state index in [1.165, 1.54) is 6.07 Å². The predicted molar refractivity (Wildman–Crippen MR) is 86.2 cm³/mol. The second-order valence-corrected chi connectivity index (χ2v) is 6.80. The molecule has 0 aliphatic rings. The molecule has 128 valence electrons. The van der Waals surface area contributed by atoms with Crippen LogP contribution in [0.2, 0.25) is 0 Å². The number of nitro groups is 1. The summed E-state index contributed by atoms with van der Waals surface area (Å²) in [6.07, 6.45) is 1.02. The van der Waals surface area contributed by atoms with Gasteiger partial charge in [0.05, 0.1) is 24.1 Å². The van der Waals surface area contributed by atoms with Gasteiger partial charge in [-0.25, -0.2) is 8.42 Å². The van der Waals surface area contributed by atoms with E-state index >= 15 is 0 Å². The zero-order valence-corrected chi connectivity index (χ0v) is 13.7. The first-order valence-electron chi connectivity index (χ1n) is 6.79. The van der Waals surface area contributed by atoms with Crippen LogP contribution in [0.4, 0.5) is 11.6 Å². The van der Waals surface area contributed by atoms with E-state index in [1.54, 1.807) is 31.2 Å². The van der Waals surface area contributed by atoms with E-state index in [4.69, 9.17) is 4.42 Å². The first-order chi connectivity index (χ1) is 11.2. The van der Waals surface area contributed by atoms with Crippen LogP contribution in [-0.2, 0) is 10.0 Å². The maximum Gasteiger partial charge on any atom is 0.433 e. The average molecular weight is 353 g/mol. The van der Waals surface area contributed by atoms with Crippen molar-refractivity contribution < 1.29 is 22.6 Å². The molecule has 9 nitrogen and oxygen atoms in total. The van der Waals surface area contributed by atoms with Gasteiger partial charge in [-0.3, -0.25) is 19.6 Å². The topological polar surface area (TPSA) is 132 Å². The first-order valence-corrected chi connectivity index (χ1v) is 8.68. The fourth-order valence-electron chi connectivity index (χ4n) is 2.06. The van der Waals surface area contributed by atoms with Crippen molar-refractivity contribution in [3.63, 3.8) is 0 Å². The Balaban J connectivity index is 2.18. The number of anilines is 1. The summed E-state index contributed by atoms with van der Waals surface area (Å²) in [6.45, 7) is 1.65. The van der Waals surface area contributed by atoms with Crippen LogP contribution in [0.1, 0.15) is 29.1 Å². The van der Waals surface area contributed by atoms with E-state index in [-0.39, 0.29) is 5.76 Å². The zero-order valence-electron chi connectivity index (χ0n) is 12.8. The molecule has 2 N–H and O–H groups in total. The van der Waals surface area contributed by atoms with Crippen LogP contribution in [0.15, 0.2) is 40.8 Å². The minimum atomic E-state index is -3.48. The molecule has 0 fully saturated rings. The van der Waals surface area contributed by atoms with Crippen molar-refractivity contribution in [2.24, 2.45) is 0 Å². The third kappa shape index (κ3) is 4.32. The summed E-state index contributed by atoms with van der Waals surface area (Å²) in [5.74, 6) is -1.39. The first kappa shape index (κ1) is 17.5. The molecule has 1 heterocycles. The van der Waals surface area contributed by atoms with E-state index in [1.807, 2.05) is 0 Å². The number of furan rings is 1. The highest BCUT2D eigenvalue weighted by molar-refractivity contribution is 7.92. The van der Waals surface area contributed by atoms with Gasteiger partial charge in [-0.05, 0) is 24.6 Å². The van der Waals surface area contributed by atoms with Gasteiger partial charge in [0.15, 0.2) is 5.76 Å². The SMILES string of the molecule is CC(NC(=O)c1ccc([N+](=O)[O-])o1)c1ccccc1NS(C)(=O)=O. The number of hydrogen-bond donors (Lipinski definition) is 2. The summed E-state index contributed by atoms with van der Waals surface area (Å²) in [6, 6.07) is 8.29. The highest BCUT2D eigenvalue weighted by Gasteiger charge is 2.20. The Morgan fingerprint density at radius 2 is 1.92 bits per heavy atom. The van der Waals surface area contributed by atoms with Crippen molar-refractivity contribution in [1.29, 1.82) is 0 Å². The normalized spacial score (nSPS) is 12.4. The van der Waals surface area contributed by atoms with Crippen molar-refractivity contribution in [3.05, 3.63) is 57.8 Å². The standard InChI is InChI=1S/C14H15N3O6S/c1-9(10-5-3-4-6-11(10)16-24(2,21)22)15-14(18)12-7-8-13(23-12)17(19)20/h3-9,16H,1-2H3,(H,15,18). The monoisotopic (exact) mass is 353 g/mol. The molecule has 0 radical (unpaired) electrons. The second-order valence-electron chi connectivity index (χ2n) is 5.05. The molecule has 1 aromatic heterocycles. The Hall–Kier alpha value is -2.88. The number of nitrogens with zero attached hydrogens (tertiary/aromatic N) is 1. The minimum Gasteiger partial charge on any atom is -0.395 e. The van der Waals surface area contributed by atoms with E-state index in [0.29, 0.717) is 11.3 Å². The quantitative estimate of drug-likeness (QED) is 0.603. The summed E-state index contributed by atoms with van der Waals surface area (Å²) < 4.78 is 30.0. The number of hydrogen-bond acceptors (Lipinski definition) is 6. The van der Waals surface area contributed by atoms with Crippen molar-refractivity contribution in [1.82, 2.24) is 5.32 Å². The Labute approximate surface area is 137 Å². The second kappa shape index (κ2) is 6.71. The Morgan fingerprint density at radius 3 is 2.50 bits per heavy atom. The predicted octanol–water partition coefficient (Wildman–Crippen LogP) is 2.05. The molecule has 0 saturated carbocycles. The summed E-state index contributed by atoms with van der Waals surface area (Å²) in [5.41, 5.74) is 0.871. The Kier molecular flexibility index (Phi) is 4.88. The maximum atomic E-state index is 12.1. The molecule has 10 heteroatoms. The molecular weight excluding hydrogens is 338 g/mol. The molecule has 1 atom stereocenters. The molecular formula is C14H15N3O6S. The Bertz CT molecular complexity index is 874. The Morgan fingerprint density at radius 1 is 1.25 bits per heavy atom. The van der Waals surface area contributed by atoms with Gasteiger partial charge in [0.2, 0.25) is 10.0 Å². The third-order valence-electron chi connectivity index (χ3n) is 3.07. The molecule has 2 aromatic rings. The number of benzene rings is 1. The largest absolute Gasteiger partial charge is 0.433 e. The van der Waals surface area contributed by atoms with E-state index in [0.717, 1.165) is 12.3 Å². The van der Waals surface area contributed by atoms with Crippen molar-refractivity contribution >= 4 is 27.5 Å². The van der Waals surface area contributed by atoms with E-state index < -0.39 is 32.8 Å². The van der Waals surface area contributed by atoms with Crippen LogP contribution in [-0.4, -0.2) is 25.5 Å². The fraction of sp³-hybridized carbons (Fsp3) is 0.214. The molecule has 1 amide bonds. The van der Waals surface area contributed by atoms with Crippen LogP contribution >= 0.6 is 0 Å². The van der Waals surface area contributed by atoms with Crippen molar-refractivity contribution in [3.8, 4) is 0 Å². The number of carbonyl (C=O) groups is 1. The lowest BCUT2D eigenvalue weighted by atomic mass is 10.1. The van der Waals surface area contributed by atoms with Gasteiger partial charge in [-0.2, -0.15) is 0 Å². The van der Waals surface area contributed by atoms with E-state index in [9.17, 15) is 23.3 Å². The number of carbonyl (C=O) groups excluding carboxylic acids is 1. The van der Waals surface area contributed by atoms with Gasteiger partial charge in [-0.1, -0.05) is 18.2 Å². The summed E-state index contributed by atoms with van der Waals surface area (Å²) >= 11 is 0. The molecule has 0 saturated heterocycles. The van der Waals surface area contributed by atoms with Crippen LogP contribution in [0.3, 0.4) is 0 Å². The van der Waals surface area contributed by atoms with Crippen molar-refractivity contribution in [2.45, 2.75) is 13.0 Å². The third-order valence-corrected chi connectivity index (χ3v) is 3.66. The van der Waals surface area contributed by atoms with Gasteiger partial charge >= 0.3 is 5.88 Å². The van der Waals surface area contributed by atoms with Crippen LogP contribution in [0.5, 0.6) is 0 Å². The summed E-state index contributed by atoms with van der Waals surface area (Å²) in [7, 11) is -3.48. The van der Waals surface area contributed by atoms with E-state index in [2.05, 4.69) is 10.0 Å². The van der Waals surface area contributed by atoms with Gasteiger partial charge in [0.25, 0.3) is 5.91 Å². The summed E-state index contributed by atoms with van der Waals surface area (Å²) in [5, 5.41) is 13.2. The molecule has 0 aliphatic carbocycles. The average Bonchev–Trinajstić information content (AvgIpc) is 2.96. The highest BCUT2D eigenvalue weighted by Crippen LogP contribution is 2.24. The summed E-state index contributed by atoms with van der Waals surface area (Å²) in [4.78, 5) is 21.9. The molecule has 2 rings (SSSR count). The molecule has 1 unspecified atom stereocenters. The number of para-hydroxylation sites is 1. The van der Waals surface area contributed by atoms with Gasteiger partial charge in [0.1, 0.15) is 4.92 Å². The molecule has 0 spiro atoms. The molecule has 1 aromatic carbocycles. The van der Waals surface area contributed by atoms with Crippen LogP contribution in [0, 0.1) is 10.1 Å². The number of amides is 1. The smallest absolute Gasteiger partial charge is 0.395 e. The lowest BCUT2D eigenvalue weighted by molar-refractivity contribution is -0.402. The fourth-order valence-corrected chi connectivity index (χ4v) is 2.65. The zero-order chi connectivity index (χ0) is 17.9. The number of sulfonamides is 1. The highest BCUT2D eigenvalue weighted by atomic mass is 32.2. The van der Waals surface area contributed by atoms with Crippen molar-refractivity contribution in [2.75, 3.05) is 11.0 Å². The maximum absolute atomic E-state index is 12.1. The van der Waals surface area contributed by atoms with Gasteiger partial charge in [-0.15, -0.1) is 0 Å². The number of nitrogens with one attached hydrogen (secondary N) is 2. The molecule has 0 bridgehead atoms. The van der Waals surface area contributed by atoms with Gasteiger partial charge < -0.3 is 9.73 Å². The number of rotatable bonds is 6. The van der Waals surface area contributed by atoms with Gasteiger partial charge in [0, 0.05) is 0 Å². The lowest BCUT2D eigenvalue weighted by Gasteiger charge is -2.17. The lowest BCUT2D eigenvalue weighted by Crippen LogP contribution is -2.27. The molecule has 0 aliphatic heterocycles. The van der Waals surface area contributed by atoms with Crippen LogP contribution in [0.25, 0.3) is 0 Å². The minimum absolute atomic E-state index is 0.206. The molecule has 24 heavy (non-hydrogen) atoms.